The highest BCUT2D eigenvalue weighted by molar-refractivity contribution is 5.38. The van der Waals surface area contributed by atoms with E-state index in [0.717, 1.165) is 17.7 Å². The Morgan fingerprint density at radius 2 is 2.12 bits per heavy atom. The van der Waals surface area contributed by atoms with E-state index in [1.165, 1.54) is 11.1 Å². The Hall–Kier alpha value is -1.87. The highest BCUT2D eigenvalue weighted by atomic mass is 16.5. The van der Waals surface area contributed by atoms with E-state index in [2.05, 4.69) is 17.1 Å². The molecule has 0 unspecified atom stereocenters. The molecule has 0 aliphatic rings. The lowest BCUT2D eigenvalue weighted by Gasteiger charge is -2.09. The van der Waals surface area contributed by atoms with E-state index in [9.17, 15) is 0 Å². The van der Waals surface area contributed by atoms with E-state index in [0.29, 0.717) is 6.54 Å². The molecule has 0 saturated heterocycles. The molecule has 17 heavy (non-hydrogen) atoms. The quantitative estimate of drug-likeness (QED) is 0.872. The molecule has 3 heteroatoms. The van der Waals surface area contributed by atoms with Crippen LogP contribution in [0, 0.1) is 0 Å². The summed E-state index contributed by atoms with van der Waals surface area (Å²) in [6.45, 7) is 0.521. The monoisotopic (exact) mass is 228 g/mol. The van der Waals surface area contributed by atoms with Crippen LogP contribution in [0.25, 0.3) is 0 Å². The second-order valence-corrected chi connectivity index (χ2v) is 3.88. The Labute approximate surface area is 101 Å². The summed E-state index contributed by atoms with van der Waals surface area (Å²) in [6, 6.07) is 10.0. The number of benzene rings is 1. The Kier molecular flexibility index (Phi) is 3.73. The van der Waals surface area contributed by atoms with Crippen molar-refractivity contribution in [1.29, 1.82) is 0 Å². The predicted octanol–water partition coefficient (Wildman–Crippen LogP) is 2.14. The minimum atomic E-state index is 0.521. The van der Waals surface area contributed by atoms with Crippen LogP contribution in [0.4, 0.5) is 0 Å². The van der Waals surface area contributed by atoms with Crippen molar-refractivity contribution >= 4 is 0 Å². The molecule has 0 spiro atoms. The third kappa shape index (κ3) is 2.82. The molecule has 2 rings (SSSR count). The topological polar surface area (TPSA) is 48.1 Å². The van der Waals surface area contributed by atoms with Crippen LogP contribution in [-0.2, 0) is 13.0 Å². The lowest BCUT2D eigenvalue weighted by atomic mass is 10.0. The summed E-state index contributed by atoms with van der Waals surface area (Å²) >= 11 is 0. The number of ether oxygens (including phenoxy) is 1. The van der Waals surface area contributed by atoms with E-state index in [4.69, 9.17) is 10.5 Å². The number of hydrogen-bond acceptors (Lipinski definition) is 3. The maximum absolute atomic E-state index is 5.76. The van der Waals surface area contributed by atoms with Gasteiger partial charge in [0, 0.05) is 18.9 Å². The molecule has 1 aromatic heterocycles. The van der Waals surface area contributed by atoms with Crippen LogP contribution in [-0.4, -0.2) is 12.1 Å². The molecule has 0 fully saturated rings. The summed E-state index contributed by atoms with van der Waals surface area (Å²) in [5.74, 6) is 0.848. The van der Waals surface area contributed by atoms with Crippen molar-refractivity contribution in [2.45, 2.75) is 13.0 Å². The van der Waals surface area contributed by atoms with E-state index < -0.39 is 0 Å². The molecule has 0 aliphatic heterocycles. The van der Waals surface area contributed by atoms with E-state index in [-0.39, 0.29) is 0 Å². The number of nitrogens with zero attached hydrogens (tertiary/aromatic N) is 1. The van der Waals surface area contributed by atoms with Gasteiger partial charge in [0.15, 0.2) is 0 Å². The lowest BCUT2D eigenvalue weighted by Crippen LogP contribution is -2.03. The van der Waals surface area contributed by atoms with Crippen molar-refractivity contribution < 1.29 is 4.74 Å². The molecule has 0 radical (unpaired) electrons. The van der Waals surface area contributed by atoms with Crippen LogP contribution in [0.5, 0.6) is 5.75 Å². The molecule has 2 aromatic rings. The Bertz CT molecular complexity index is 483. The Morgan fingerprint density at radius 3 is 2.76 bits per heavy atom. The van der Waals surface area contributed by atoms with Crippen molar-refractivity contribution in [2.24, 2.45) is 5.73 Å². The van der Waals surface area contributed by atoms with Gasteiger partial charge in [-0.2, -0.15) is 0 Å². The fourth-order valence-corrected chi connectivity index (χ4v) is 1.81. The molecule has 0 saturated carbocycles. The average molecular weight is 228 g/mol. The van der Waals surface area contributed by atoms with Gasteiger partial charge in [-0.15, -0.1) is 0 Å². The van der Waals surface area contributed by atoms with Gasteiger partial charge in [0.2, 0.25) is 0 Å². The Balaban J connectivity index is 2.26. The minimum absolute atomic E-state index is 0.521. The first-order chi connectivity index (χ1) is 8.33. The summed E-state index contributed by atoms with van der Waals surface area (Å²) in [6.07, 6.45) is 4.51. The maximum Gasteiger partial charge on any atom is 0.119 e. The molecular weight excluding hydrogens is 212 g/mol. The van der Waals surface area contributed by atoms with Gasteiger partial charge in [0.25, 0.3) is 0 Å². The van der Waals surface area contributed by atoms with Crippen molar-refractivity contribution in [3.63, 3.8) is 0 Å². The van der Waals surface area contributed by atoms with Crippen molar-refractivity contribution in [2.75, 3.05) is 7.11 Å². The van der Waals surface area contributed by atoms with Gasteiger partial charge >= 0.3 is 0 Å². The molecule has 0 aliphatic carbocycles. The van der Waals surface area contributed by atoms with Crippen LogP contribution in [0.2, 0.25) is 0 Å². The number of pyridine rings is 1. The fraction of sp³-hybridized carbons (Fsp3) is 0.214. The second kappa shape index (κ2) is 5.46. The summed E-state index contributed by atoms with van der Waals surface area (Å²) in [5.41, 5.74) is 9.29. The number of methoxy groups -OCH3 is 1. The summed E-state index contributed by atoms with van der Waals surface area (Å²) < 4.78 is 5.19. The third-order valence-corrected chi connectivity index (χ3v) is 2.75. The van der Waals surface area contributed by atoms with E-state index in [1.54, 1.807) is 13.3 Å². The van der Waals surface area contributed by atoms with Gasteiger partial charge in [-0.05, 0) is 41.3 Å². The predicted molar refractivity (Wildman–Crippen MR) is 67.9 cm³/mol. The second-order valence-electron chi connectivity index (χ2n) is 3.88. The van der Waals surface area contributed by atoms with Crippen LogP contribution in [0.3, 0.4) is 0 Å². The fourth-order valence-electron chi connectivity index (χ4n) is 1.81. The zero-order valence-corrected chi connectivity index (χ0v) is 9.89. The molecule has 3 nitrogen and oxygen atoms in total. The number of rotatable bonds is 4. The lowest BCUT2D eigenvalue weighted by molar-refractivity contribution is 0.414. The highest BCUT2D eigenvalue weighted by Crippen LogP contribution is 2.19. The van der Waals surface area contributed by atoms with Gasteiger partial charge in [0.05, 0.1) is 7.11 Å². The first kappa shape index (κ1) is 11.6. The van der Waals surface area contributed by atoms with Gasteiger partial charge in [-0.3, -0.25) is 4.98 Å². The minimum Gasteiger partial charge on any atom is -0.497 e. The first-order valence-electron chi connectivity index (χ1n) is 5.58. The van der Waals surface area contributed by atoms with Crippen LogP contribution in [0.1, 0.15) is 16.7 Å². The zero-order valence-electron chi connectivity index (χ0n) is 9.89. The molecule has 0 atom stereocenters. The van der Waals surface area contributed by atoms with Crippen molar-refractivity contribution in [1.82, 2.24) is 4.98 Å². The Morgan fingerprint density at radius 1 is 1.24 bits per heavy atom. The molecule has 0 amide bonds. The summed E-state index contributed by atoms with van der Waals surface area (Å²) in [5, 5.41) is 0. The zero-order chi connectivity index (χ0) is 12.1. The molecule has 1 aromatic carbocycles. The SMILES string of the molecule is COc1ccc(Cc2cccnc2)c(CN)c1. The van der Waals surface area contributed by atoms with Crippen molar-refractivity contribution in [3.05, 3.63) is 59.4 Å². The maximum atomic E-state index is 5.76. The van der Waals surface area contributed by atoms with Gasteiger partial charge in [-0.25, -0.2) is 0 Å². The normalized spacial score (nSPS) is 10.2. The van der Waals surface area contributed by atoms with Gasteiger partial charge in [-0.1, -0.05) is 12.1 Å². The van der Waals surface area contributed by atoms with Crippen LogP contribution >= 0.6 is 0 Å². The number of aromatic nitrogens is 1. The van der Waals surface area contributed by atoms with Crippen molar-refractivity contribution in [3.8, 4) is 5.75 Å². The van der Waals surface area contributed by atoms with E-state index >= 15 is 0 Å². The van der Waals surface area contributed by atoms with Crippen LogP contribution in [0.15, 0.2) is 42.7 Å². The molecular formula is C14H16N2O. The number of nitrogens with two attached hydrogens (primary N) is 1. The van der Waals surface area contributed by atoms with Crippen LogP contribution < -0.4 is 10.5 Å². The van der Waals surface area contributed by atoms with Gasteiger partial charge < -0.3 is 10.5 Å². The summed E-state index contributed by atoms with van der Waals surface area (Å²) in [4.78, 5) is 4.11. The first-order valence-corrected chi connectivity index (χ1v) is 5.58. The molecule has 1 heterocycles. The molecule has 2 N–H and O–H groups in total. The third-order valence-electron chi connectivity index (χ3n) is 2.75. The smallest absolute Gasteiger partial charge is 0.119 e. The molecule has 0 bridgehead atoms. The largest absolute Gasteiger partial charge is 0.497 e. The molecule has 88 valence electrons. The highest BCUT2D eigenvalue weighted by Gasteiger charge is 2.04. The standard InChI is InChI=1S/C14H16N2O/c1-17-14-5-4-12(13(8-14)9-15)7-11-3-2-6-16-10-11/h2-6,8,10H,7,9,15H2,1H3. The number of hydrogen-bond donors (Lipinski definition) is 1. The average Bonchev–Trinajstić information content (AvgIpc) is 2.40. The summed E-state index contributed by atoms with van der Waals surface area (Å²) in [7, 11) is 1.66. The van der Waals surface area contributed by atoms with Gasteiger partial charge in [0.1, 0.15) is 5.75 Å². The van der Waals surface area contributed by atoms with E-state index in [1.807, 2.05) is 24.4 Å².